The van der Waals surface area contributed by atoms with Crippen LogP contribution in [0.4, 0.5) is 10.8 Å². The third-order valence-electron chi connectivity index (χ3n) is 3.34. The largest absolute Gasteiger partial charge is 0.284 e. The first-order valence-electron chi connectivity index (χ1n) is 6.99. The first-order valence-corrected chi connectivity index (χ1v) is 8.62. The van der Waals surface area contributed by atoms with Gasteiger partial charge in [-0.05, 0) is 36.7 Å². The predicted molar refractivity (Wildman–Crippen MR) is 88.0 cm³/mol. The number of nitro groups is 1. The number of carbonyl (C=O) groups is 1. The maximum atomic E-state index is 11.8. The van der Waals surface area contributed by atoms with Crippen molar-refractivity contribution < 1.29 is 9.72 Å². The number of anilines is 1. The van der Waals surface area contributed by atoms with Gasteiger partial charge in [0.2, 0.25) is 11.0 Å². The maximum absolute atomic E-state index is 11.8. The van der Waals surface area contributed by atoms with Gasteiger partial charge in [0.25, 0.3) is 5.69 Å². The summed E-state index contributed by atoms with van der Waals surface area (Å²) in [6.07, 6.45) is 1.88. The van der Waals surface area contributed by atoms with E-state index in [-0.39, 0.29) is 17.6 Å². The summed E-state index contributed by atoms with van der Waals surface area (Å²) in [4.78, 5) is 24.3. The molecule has 0 radical (unpaired) electrons. The number of rotatable bonds is 5. The number of carbonyl (C=O) groups excluding carboxylic acids is 1. The summed E-state index contributed by atoms with van der Waals surface area (Å²) in [5.74, 6) is -0.0948. The molecule has 122 valence electrons. The maximum Gasteiger partial charge on any atom is 0.283 e. The molecule has 0 unspecified atom stereocenters. The SMILES string of the molecule is CC(=O)N(c1nnc(Sc2cc(C#N)ccc2[N+](=O)[O-])s1)C1CC1. The highest BCUT2D eigenvalue weighted by Gasteiger charge is 2.34. The van der Waals surface area contributed by atoms with Crippen LogP contribution in [0.1, 0.15) is 25.3 Å². The van der Waals surface area contributed by atoms with Crippen molar-refractivity contribution in [3.8, 4) is 6.07 Å². The van der Waals surface area contributed by atoms with Gasteiger partial charge >= 0.3 is 0 Å². The fraction of sp³-hybridized carbons (Fsp3) is 0.286. The molecule has 0 saturated heterocycles. The Bertz CT molecular complexity index is 856. The fourth-order valence-corrected chi connectivity index (χ4v) is 4.19. The van der Waals surface area contributed by atoms with Crippen LogP contribution in [0.2, 0.25) is 0 Å². The summed E-state index contributed by atoms with van der Waals surface area (Å²) in [6.45, 7) is 1.48. The Balaban J connectivity index is 1.88. The zero-order valence-electron chi connectivity index (χ0n) is 12.5. The minimum absolute atomic E-state index is 0.0948. The highest BCUT2D eigenvalue weighted by Crippen LogP contribution is 2.40. The average Bonchev–Trinajstić information content (AvgIpc) is 3.26. The van der Waals surface area contributed by atoms with Gasteiger partial charge in [0.15, 0.2) is 4.34 Å². The minimum Gasteiger partial charge on any atom is -0.284 e. The molecule has 1 aliphatic rings. The van der Waals surface area contributed by atoms with E-state index in [2.05, 4.69) is 10.2 Å². The summed E-state index contributed by atoms with van der Waals surface area (Å²) in [6, 6.07) is 6.28. The van der Waals surface area contributed by atoms with Crippen LogP contribution in [-0.4, -0.2) is 27.1 Å². The normalized spacial score (nSPS) is 13.3. The van der Waals surface area contributed by atoms with Crippen molar-refractivity contribution in [2.75, 3.05) is 4.90 Å². The molecule has 1 saturated carbocycles. The van der Waals surface area contributed by atoms with Gasteiger partial charge in [0, 0.05) is 19.0 Å². The molecule has 0 bridgehead atoms. The Labute approximate surface area is 145 Å². The van der Waals surface area contributed by atoms with Gasteiger partial charge in [-0.1, -0.05) is 11.3 Å². The van der Waals surface area contributed by atoms with Gasteiger partial charge in [0.05, 0.1) is 21.5 Å². The number of benzene rings is 1. The summed E-state index contributed by atoms with van der Waals surface area (Å²) in [5.41, 5.74) is 0.234. The molecule has 0 atom stereocenters. The monoisotopic (exact) mass is 361 g/mol. The van der Waals surface area contributed by atoms with E-state index in [1.807, 2.05) is 6.07 Å². The topological polar surface area (TPSA) is 113 Å². The molecule has 0 spiro atoms. The summed E-state index contributed by atoms with van der Waals surface area (Å²) in [5, 5.41) is 28.6. The molecule has 3 rings (SSSR count). The van der Waals surface area contributed by atoms with Crippen molar-refractivity contribution in [1.82, 2.24) is 10.2 Å². The Kier molecular flexibility index (Phi) is 4.46. The summed E-state index contributed by atoms with van der Waals surface area (Å²) >= 11 is 2.28. The second-order valence-electron chi connectivity index (χ2n) is 5.12. The predicted octanol–water partition coefficient (Wildman–Crippen LogP) is 2.98. The van der Waals surface area contributed by atoms with E-state index in [0.717, 1.165) is 24.6 Å². The van der Waals surface area contributed by atoms with Crippen molar-refractivity contribution >= 4 is 39.8 Å². The van der Waals surface area contributed by atoms with Crippen LogP contribution in [0, 0.1) is 21.4 Å². The van der Waals surface area contributed by atoms with Crippen LogP contribution in [0.5, 0.6) is 0 Å². The van der Waals surface area contributed by atoms with Crippen LogP contribution < -0.4 is 4.90 Å². The quantitative estimate of drug-likeness (QED) is 0.457. The van der Waals surface area contributed by atoms with Gasteiger partial charge in [-0.2, -0.15) is 5.26 Å². The van der Waals surface area contributed by atoms with Crippen LogP contribution in [-0.2, 0) is 4.79 Å². The van der Waals surface area contributed by atoms with Crippen molar-refractivity contribution in [2.24, 2.45) is 0 Å². The second kappa shape index (κ2) is 6.54. The molecule has 1 aromatic heterocycles. The van der Waals surface area contributed by atoms with Crippen molar-refractivity contribution in [1.29, 1.82) is 5.26 Å². The van der Waals surface area contributed by atoms with Gasteiger partial charge in [-0.3, -0.25) is 19.8 Å². The minimum atomic E-state index is -0.502. The zero-order valence-corrected chi connectivity index (χ0v) is 14.1. The van der Waals surface area contributed by atoms with E-state index in [0.29, 0.717) is 19.9 Å². The molecule has 1 fully saturated rings. The standard InChI is InChI=1S/C14H11N5O3S2/c1-8(20)18(10-3-4-10)13-16-17-14(24-13)23-12-6-9(7-15)2-5-11(12)19(21)22/h2,5-6,10H,3-4H2,1H3. The average molecular weight is 361 g/mol. The first kappa shape index (κ1) is 16.4. The van der Waals surface area contributed by atoms with Crippen LogP contribution in [0.25, 0.3) is 0 Å². The fourth-order valence-electron chi connectivity index (χ4n) is 2.13. The van der Waals surface area contributed by atoms with Crippen molar-refractivity contribution in [2.45, 2.75) is 35.0 Å². The number of hydrogen-bond donors (Lipinski definition) is 0. The third-order valence-corrected chi connectivity index (χ3v) is 5.36. The highest BCUT2D eigenvalue weighted by atomic mass is 32.2. The van der Waals surface area contributed by atoms with Crippen LogP contribution in [0.3, 0.4) is 0 Å². The lowest BCUT2D eigenvalue weighted by atomic mass is 10.2. The molecule has 2 aromatic rings. The van der Waals surface area contributed by atoms with Crippen molar-refractivity contribution in [3.05, 3.63) is 33.9 Å². The molecule has 0 N–H and O–H groups in total. The van der Waals surface area contributed by atoms with Crippen molar-refractivity contribution in [3.63, 3.8) is 0 Å². The lowest BCUT2D eigenvalue weighted by Crippen LogP contribution is -2.30. The van der Waals surface area contributed by atoms with Crippen LogP contribution in [0.15, 0.2) is 27.4 Å². The Hall–Kier alpha value is -2.51. The molecule has 24 heavy (non-hydrogen) atoms. The Morgan fingerprint density at radius 3 is 2.83 bits per heavy atom. The van der Waals surface area contributed by atoms with E-state index in [1.165, 1.54) is 36.5 Å². The number of nitriles is 1. The molecule has 0 aliphatic heterocycles. The lowest BCUT2D eigenvalue weighted by molar-refractivity contribution is -0.387. The molecule has 1 aliphatic carbocycles. The van der Waals surface area contributed by atoms with Gasteiger partial charge in [0.1, 0.15) is 0 Å². The van der Waals surface area contributed by atoms with E-state index >= 15 is 0 Å². The zero-order chi connectivity index (χ0) is 17.3. The lowest BCUT2D eigenvalue weighted by Gasteiger charge is -2.15. The Morgan fingerprint density at radius 2 is 2.25 bits per heavy atom. The van der Waals surface area contributed by atoms with E-state index < -0.39 is 4.92 Å². The number of hydrogen-bond acceptors (Lipinski definition) is 8. The number of nitrogens with zero attached hydrogens (tertiary/aromatic N) is 5. The highest BCUT2D eigenvalue weighted by molar-refractivity contribution is 8.01. The first-order chi connectivity index (χ1) is 11.5. The number of aromatic nitrogens is 2. The molecular formula is C14H11N5O3S2. The van der Waals surface area contributed by atoms with E-state index in [9.17, 15) is 14.9 Å². The summed E-state index contributed by atoms with van der Waals surface area (Å²) < 4.78 is 0.482. The number of nitro benzene ring substituents is 1. The molecule has 1 heterocycles. The molecule has 8 nitrogen and oxygen atoms in total. The molecule has 1 amide bonds. The van der Waals surface area contributed by atoms with Gasteiger partial charge in [-0.15, -0.1) is 10.2 Å². The van der Waals surface area contributed by atoms with Gasteiger partial charge in [-0.25, -0.2) is 0 Å². The molecular weight excluding hydrogens is 350 g/mol. The van der Waals surface area contributed by atoms with E-state index in [1.54, 1.807) is 4.90 Å². The second-order valence-corrected chi connectivity index (χ2v) is 7.37. The smallest absolute Gasteiger partial charge is 0.283 e. The Morgan fingerprint density at radius 1 is 1.50 bits per heavy atom. The third kappa shape index (κ3) is 3.37. The van der Waals surface area contributed by atoms with Crippen LogP contribution >= 0.6 is 23.1 Å². The van der Waals surface area contributed by atoms with Gasteiger partial charge < -0.3 is 0 Å². The summed E-state index contributed by atoms with van der Waals surface area (Å²) in [7, 11) is 0. The number of amides is 1. The molecule has 10 heteroatoms. The molecule has 1 aromatic carbocycles. The van der Waals surface area contributed by atoms with E-state index in [4.69, 9.17) is 5.26 Å².